The third-order valence-corrected chi connectivity index (χ3v) is 5.43. The van der Waals surface area contributed by atoms with Gasteiger partial charge in [-0.3, -0.25) is 0 Å². The molecule has 3 heterocycles. The summed E-state index contributed by atoms with van der Waals surface area (Å²) < 4.78 is 49.0. The van der Waals surface area contributed by atoms with Crippen LogP contribution in [-0.2, 0) is 12.6 Å². The Morgan fingerprint density at radius 3 is 2.69 bits per heavy atom. The van der Waals surface area contributed by atoms with Crippen molar-refractivity contribution in [2.24, 2.45) is 0 Å². The third kappa shape index (κ3) is 5.20. The van der Waals surface area contributed by atoms with Crippen LogP contribution in [0.4, 0.5) is 13.2 Å². The van der Waals surface area contributed by atoms with Crippen LogP contribution >= 0.6 is 11.6 Å². The van der Waals surface area contributed by atoms with Crippen molar-refractivity contribution >= 4 is 11.6 Å². The fourth-order valence-corrected chi connectivity index (χ4v) is 3.85. The van der Waals surface area contributed by atoms with E-state index in [1.165, 1.54) is 0 Å². The number of rotatable bonds is 5. The highest BCUT2D eigenvalue weighted by molar-refractivity contribution is 6.31. The number of piperidine rings is 1. The zero-order valence-electron chi connectivity index (χ0n) is 17.1. The largest absolute Gasteiger partial charge is 0.438 e. The van der Waals surface area contributed by atoms with Gasteiger partial charge in [-0.2, -0.15) is 18.2 Å². The topological polar surface area (TPSA) is 84.5 Å². The summed E-state index contributed by atoms with van der Waals surface area (Å²) >= 11 is 5.87. The molecule has 1 aliphatic heterocycles. The fourth-order valence-electron chi connectivity index (χ4n) is 3.65. The summed E-state index contributed by atoms with van der Waals surface area (Å²) in [6, 6.07) is 7.28. The van der Waals surface area contributed by atoms with E-state index in [9.17, 15) is 18.3 Å². The van der Waals surface area contributed by atoms with Crippen molar-refractivity contribution in [1.29, 1.82) is 0 Å². The minimum Gasteiger partial charge on any atom is -0.438 e. The number of ether oxygens (including phenoxy) is 1. The first-order chi connectivity index (χ1) is 15.1. The summed E-state index contributed by atoms with van der Waals surface area (Å²) in [5, 5.41) is 14.5. The van der Waals surface area contributed by atoms with Crippen LogP contribution in [0.15, 0.2) is 41.1 Å². The van der Waals surface area contributed by atoms with Gasteiger partial charge in [-0.25, -0.2) is 4.98 Å². The van der Waals surface area contributed by atoms with E-state index in [0.717, 1.165) is 19.0 Å². The van der Waals surface area contributed by atoms with Crippen LogP contribution in [0.3, 0.4) is 0 Å². The van der Waals surface area contributed by atoms with Gasteiger partial charge in [0.15, 0.2) is 0 Å². The summed E-state index contributed by atoms with van der Waals surface area (Å²) in [7, 11) is 1.96. The molecule has 7 nitrogen and oxygen atoms in total. The predicted octanol–water partition coefficient (Wildman–Crippen LogP) is 4.60. The summed E-state index contributed by atoms with van der Waals surface area (Å²) in [5.74, 6) is 0.884. The maximum atomic E-state index is 12.7. The van der Waals surface area contributed by atoms with Crippen molar-refractivity contribution in [1.82, 2.24) is 20.0 Å². The highest BCUT2D eigenvalue weighted by Gasteiger charge is 2.34. The molecule has 2 aromatic heterocycles. The maximum Gasteiger partial charge on any atom is 0.417 e. The summed E-state index contributed by atoms with van der Waals surface area (Å²) in [6.07, 6.45) is -2.05. The molecule has 32 heavy (non-hydrogen) atoms. The molecule has 1 N–H and O–H groups in total. The average molecular weight is 469 g/mol. The Balaban J connectivity index is 1.43. The lowest BCUT2D eigenvalue weighted by atomic mass is 9.90. The minimum absolute atomic E-state index is 0.139. The van der Waals surface area contributed by atoms with Gasteiger partial charge in [-0.1, -0.05) is 16.8 Å². The van der Waals surface area contributed by atoms with Crippen LogP contribution in [-0.4, -0.2) is 50.9 Å². The van der Waals surface area contributed by atoms with E-state index in [2.05, 4.69) is 20.0 Å². The Kier molecular flexibility index (Phi) is 6.11. The number of alkyl halides is 3. The molecular weight excluding hydrogens is 449 g/mol. The second-order valence-electron chi connectivity index (χ2n) is 7.89. The lowest BCUT2D eigenvalue weighted by Gasteiger charge is -2.36. The van der Waals surface area contributed by atoms with E-state index in [-0.39, 0.29) is 17.3 Å². The van der Waals surface area contributed by atoms with Gasteiger partial charge in [-0.05, 0) is 56.8 Å². The Hall–Kier alpha value is -2.69. The molecule has 0 radical (unpaired) electrons. The van der Waals surface area contributed by atoms with Gasteiger partial charge in [0.2, 0.25) is 17.6 Å². The quantitative estimate of drug-likeness (QED) is 0.586. The molecular formula is C21H20ClF3N4O3. The molecule has 0 amide bonds. The molecule has 170 valence electrons. The second-order valence-corrected chi connectivity index (χ2v) is 8.30. The van der Waals surface area contributed by atoms with Crippen LogP contribution < -0.4 is 4.74 Å². The monoisotopic (exact) mass is 468 g/mol. The number of aliphatic hydroxyl groups is 1. The lowest BCUT2D eigenvalue weighted by molar-refractivity contribution is -0.137. The number of nitrogens with zero attached hydrogens (tertiary/aromatic N) is 4. The molecule has 0 saturated carbocycles. The highest BCUT2D eigenvalue weighted by Crippen LogP contribution is 2.35. The summed E-state index contributed by atoms with van der Waals surface area (Å²) in [6.45, 7) is 1.48. The number of aromatic nitrogens is 3. The van der Waals surface area contributed by atoms with Gasteiger partial charge in [0, 0.05) is 18.3 Å². The zero-order valence-corrected chi connectivity index (χ0v) is 17.8. The van der Waals surface area contributed by atoms with Gasteiger partial charge in [-0.15, -0.1) is 0 Å². The third-order valence-electron chi connectivity index (χ3n) is 5.16. The smallest absolute Gasteiger partial charge is 0.417 e. The molecule has 4 rings (SSSR count). The van der Waals surface area contributed by atoms with Gasteiger partial charge in [0.1, 0.15) is 10.8 Å². The molecule has 1 atom stereocenters. The van der Waals surface area contributed by atoms with Crippen molar-refractivity contribution in [3.05, 3.63) is 53.0 Å². The fraction of sp³-hybridized carbons (Fsp3) is 0.381. The minimum atomic E-state index is -4.54. The van der Waals surface area contributed by atoms with Gasteiger partial charge in [0.25, 0.3) is 0 Å². The molecule has 3 aromatic rings. The molecule has 0 aliphatic carbocycles. The molecule has 0 spiro atoms. The average Bonchev–Trinajstić information content (AvgIpc) is 3.17. The second kappa shape index (κ2) is 8.68. The Labute approximate surface area is 186 Å². The van der Waals surface area contributed by atoms with E-state index < -0.39 is 17.3 Å². The Bertz CT molecular complexity index is 1090. The van der Waals surface area contributed by atoms with Crippen LogP contribution in [0.2, 0.25) is 5.02 Å². The molecule has 1 aliphatic rings. The SMILES string of the molecule is CN1CCCC(O)(Cc2nc(-c3ccc(Oc4ncc(C(F)(F)F)cc4Cl)cc3)no2)C1. The van der Waals surface area contributed by atoms with Crippen molar-refractivity contribution in [2.45, 2.75) is 31.0 Å². The standard InChI is InChI=1S/C21H20ClF3N4O3/c1-29-8-2-7-20(30,12-29)10-17-27-18(28-32-17)13-3-5-15(6-4-13)31-19-16(22)9-14(11-26-19)21(23,24)25/h3-6,9,11,30H,2,7-8,10,12H2,1H3. The van der Waals surface area contributed by atoms with Crippen molar-refractivity contribution in [2.75, 3.05) is 20.1 Å². The molecule has 0 bridgehead atoms. The van der Waals surface area contributed by atoms with Crippen LogP contribution in [0.1, 0.15) is 24.3 Å². The number of β-amino-alcohol motifs (C(OH)–C–C–N with tert-alkyl or cyclic N) is 1. The van der Waals surface area contributed by atoms with Crippen LogP contribution in [0.5, 0.6) is 11.6 Å². The number of pyridine rings is 1. The van der Waals surface area contributed by atoms with E-state index >= 15 is 0 Å². The first kappa shape index (κ1) is 22.5. The van der Waals surface area contributed by atoms with Gasteiger partial charge >= 0.3 is 6.18 Å². The van der Waals surface area contributed by atoms with E-state index in [1.807, 2.05) is 7.05 Å². The molecule has 1 saturated heterocycles. The maximum absolute atomic E-state index is 12.7. The molecule has 11 heteroatoms. The van der Waals surface area contributed by atoms with E-state index in [4.69, 9.17) is 20.9 Å². The summed E-state index contributed by atoms with van der Waals surface area (Å²) in [5.41, 5.74) is -1.21. The molecule has 1 aromatic carbocycles. The van der Waals surface area contributed by atoms with Crippen molar-refractivity contribution in [3.8, 4) is 23.0 Å². The first-order valence-corrected chi connectivity index (χ1v) is 10.2. The van der Waals surface area contributed by atoms with Crippen molar-refractivity contribution < 1.29 is 27.5 Å². The number of hydrogen-bond donors (Lipinski definition) is 1. The number of likely N-dealkylation sites (N-methyl/N-ethyl adjacent to an activating group) is 1. The Morgan fingerprint density at radius 1 is 1.28 bits per heavy atom. The first-order valence-electron chi connectivity index (χ1n) is 9.86. The van der Waals surface area contributed by atoms with Crippen molar-refractivity contribution in [3.63, 3.8) is 0 Å². The lowest BCUT2D eigenvalue weighted by Crippen LogP contribution is -2.47. The van der Waals surface area contributed by atoms with Gasteiger partial charge in [0.05, 0.1) is 17.6 Å². The van der Waals surface area contributed by atoms with E-state index in [0.29, 0.717) is 42.2 Å². The highest BCUT2D eigenvalue weighted by atomic mass is 35.5. The predicted molar refractivity (Wildman–Crippen MR) is 109 cm³/mol. The Morgan fingerprint density at radius 2 is 2.03 bits per heavy atom. The summed E-state index contributed by atoms with van der Waals surface area (Å²) in [4.78, 5) is 10.1. The van der Waals surface area contributed by atoms with Gasteiger partial charge < -0.3 is 19.3 Å². The van der Waals surface area contributed by atoms with E-state index in [1.54, 1.807) is 24.3 Å². The van der Waals surface area contributed by atoms with Crippen LogP contribution in [0, 0.1) is 0 Å². The van der Waals surface area contributed by atoms with Crippen LogP contribution in [0.25, 0.3) is 11.4 Å². The number of likely N-dealkylation sites (tertiary alicyclic amines) is 1. The zero-order chi connectivity index (χ0) is 22.9. The molecule has 1 unspecified atom stereocenters. The number of benzene rings is 1. The normalized spacial score (nSPS) is 19.8. The number of halogens is 4. The molecule has 1 fully saturated rings. The number of hydrogen-bond acceptors (Lipinski definition) is 7.